The smallest absolute Gasteiger partial charge is 0.269 e. The second-order valence-electron chi connectivity index (χ2n) is 4.03. The maximum atomic E-state index is 11.9. The van der Waals surface area contributed by atoms with Crippen molar-refractivity contribution in [2.24, 2.45) is 5.92 Å². The molecule has 1 aliphatic rings. The van der Waals surface area contributed by atoms with Crippen LogP contribution in [0.2, 0.25) is 0 Å². The highest BCUT2D eigenvalue weighted by molar-refractivity contribution is 5.95. The van der Waals surface area contributed by atoms with Crippen LogP contribution in [0, 0.1) is 16.0 Å². The van der Waals surface area contributed by atoms with Crippen LogP contribution in [-0.4, -0.2) is 31.0 Å². The van der Waals surface area contributed by atoms with Crippen molar-refractivity contribution in [2.45, 2.75) is 0 Å². The molecule has 0 aromatic heterocycles. The number of nitrogens with zero attached hydrogens (tertiary/aromatic N) is 2. The zero-order valence-electron chi connectivity index (χ0n) is 9.42. The monoisotopic (exact) mass is 235 g/mol. The van der Waals surface area contributed by atoms with E-state index >= 15 is 0 Å². The SMILES string of the molecule is CN(C(=O)C1CNC1)c1ccc([N+](=O)[O-])cc1. The summed E-state index contributed by atoms with van der Waals surface area (Å²) in [5, 5.41) is 13.5. The predicted molar refractivity (Wildman–Crippen MR) is 62.9 cm³/mol. The predicted octanol–water partition coefficient (Wildman–Crippen LogP) is 0.777. The van der Waals surface area contributed by atoms with Crippen molar-refractivity contribution in [3.05, 3.63) is 34.4 Å². The molecule has 0 radical (unpaired) electrons. The minimum atomic E-state index is -0.457. The Balaban J connectivity index is 2.10. The maximum absolute atomic E-state index is 11.9. The van der Waals surface area contributed by atoms with Crippen molar-refractivity contribution in [2.75, 3.05) is 25.0 Å². The van der Waals surface area contributed by atoms with Crippen LogP contribution in [-0.2, 0) is 4.79 Å². The molecule has 1 aromatic carbocycles. The van der Waals surface area contributed by atoms with E-state index in [0.29, 0.717) is 18.8 Å². The van der Waals surface area contributed by atoms with E-state index in [4.69, 9.17) is 0 Å². The van der Waals surface area contributed by atoms with E-state index in [1.54, 1.807) is 19.2 Å². The number of amides is 1. The van der Waals surface area contributed by atoms with Crippen LogP contribution in [0.1, 0.15) is 0 Å². The van der Waals surface area contributed by atoms with Crippen molar-refractivity contribution >= 4 is 17.3 Å². The molecule has 17 heavy (non-hydrogen) atoms. The standard InChI is InChI=1S/C11H13N3O3/c1-13(11(15)8-6-12-7-8)9-2-4-10(5-3-9)14(16)17/h2-5,8,12H,6-7H2,1H3. The van der Waals surface area contributed by atoms with Gasteiger partial charge in [0.1, 0.15) is 0 Å². The first-order valence-electron chi connectivity index (χ1n) is 5.32. The molecule has 0 unspecified atom stereocenters. The second kappa shape index (κ2) is 4.50. The Bertz CT molecular complexity index is 440. The summed E-state index contributed by atoms with van der Waals surface area (Å²) in [4.78, 5) is 23.5. The molecule has 6 heteroatoms. The van der Waals surface area contributed by atoms with Crippen LogP contribution in [0.5, 0.6) is 0 Å². The summed E-state index contributed by atoms with van der Waals surface area (Å²) >= 11 is 0. The van der Waals surface area contributed by atoms with E-state index in [0.717, 1.165) is 0 Å². The van der Waals surface area contributed by atoms with Gasteiger partial charge in [0.2, 0.25) is 5.91 Å². The molecule has 1 heterocycles. The van der Waals surface area contributed by atoms with E-state index in [2.05, 4.69) is 5.32 Å². The van der Waals surface area contributed by atoms with Gasteiger partial charge in [-0.1, -0.05) is 0 Å². The molecule has 1 amide bonds. The Morgan fingerprint density at radius 2 is 2.00 bits per heavy atom. The molecule has 0 saturated carbocycles. The normalized spacial score (nSPS) is 15.1. The fraction of sp³-hybridized carbons (Fsp3) is 0.364. The van der Waals surface area contributed by atoms with Gasteiger partial charge >= 0.3 is 0 Å². The maximum Gasteiger partial charge on any atom is 0.269 e. The lowest BCUT2D eigenvalue weighted by Crippen LogP contribution is -2.51. The van der Waals surface area contributed by atoms with Crippen molar-refractivity contribution in [1.82, 2.24) is 5.32 Å². The first-order valence-corrected chi connectivity index (χ1v) is 5.32. The van der Waals surface area contributed by atoms with Crippen molar-refractivity contribution < 1.29 is 9.72 Å². The molecular weight excluding hydrogens is 222 g/mol. The number of hydrogen-bond donors (Lipinski definition) is 1. The van der Waals surface area contributed by atoms with Gasteiger partial charge in [-0.2, -0.15) is 0 Å². The number of hydrogen-bond acceptors (Lipinski definition) is 4. The van der Waals surface area contributed by atoms with Crippen LogP contribution in [0.25, 0.3) is 0 Å². The first-order chi connectivity index (χ1) is 8.09. The third kappa shape index (κ3) is 2.26. The number of rotatable bonds is 3. The number of nitrogens with one attached hydrogen (secondary N) is 1. The number of carbonyl (C=O) groups is 1. The average Bonchev–Trinajstić information content (AvgIpc) is 2.25. The topological polar surface area (TPSA) is 75.5 Å². The molecule has 1 fully saturated rings. The molecule has 0 spiro atoms. The fourth-order valence-corrected chi connectivity index (χ4v) is 1.66. The lowest BCUT2D eigenvalue weighted by molar-refractivity contribution is -0.384. The van der Waals surface area contributed by atoms with Crippen LogP contribution in [0.3, 0.4) is 0 Å². The van der Waals surface area contributed by atoms with Gasteiger partial charge in [-0.05, 0) is 12.1 Å². The molecule has 1 saturated heterocycles. The van der Waals surface area contributed by atoms with Crippen molar-refractivity contribution in [1.29, 1.82) is 0 Å². The highest BCUT2D eigenvalue weighted by atomic mass is 16.6. The van der Waals surface area contributed by atoms with Gasteiger partial charge in [-0.15, -0.1) is 0 Å². The van der Waals surface area contributed by atoms with Crippen LogP contribution >= 0.6 is 0 Å². The molecular formula is C11H13N3O3. The lowest BCUT2D eigenvalue weighted by Gasteiger charge is -2.30. The van der Waals surface area contributed by atoms with Gasteiger partial charge < -0.3 is 10.2 Å². The molecule has 2 rings (SSSR count). The summed E-state index contributed by atoms with van der Waals surface area (Å²) in [6.45, 7) is 1.41. The first kappa shape index (κ1) is 11.5. The Morgan fingerprint density at radius 3 is 2.41 bits per heavy atom. The van der Waals surface area contributed by atoms with E-state index in [1.165, 1.54) is 17.0 Å². The summed E-state index contributed by atoms with van der Waals surface area (Å²) in [7, 11) is 1.68. The van der Waals surface area contributed by atoms with Gasteiger partial charge in [-0.25, -0.2) is 0 Å². The van der Waals surface area contributed by atoms with Gasteiger partial charge in [0.05, 0.1) is 10.8 Å². The minimum Gasteiger partial charge on any atom is -0.315 e. The summed E-state index contributed by atoms with van der Waals surface area (Å²) < 4.78 is 0. The Hall–Kier alpha value is -1.95. The Labute approximate surface area is 98.4 Å². The molecule has 1 aliphatic heterocycles. The Morgan fingerprint density at radius 1 is 1.41 bits per heavy atom. The third-order valence-electron chi connectivity index (χ3n) is 2.91. The quantitative estimate of drug-likeness (QED) is 0.620. The van der Waals surface area contributed by atoms with Crippen LogP contribution < -0.4 is 10.2 Å². The van der Waals surface area contributed by atoms with Gasteiger partial charge in [0.25, 0.3) is 5.69 Å². The summed E-state index contributed by atoms with van der Waals surface area (Å²) in [6, 6.07) is 5.97. The number of anilines is 1. The zero-order chi connectivity index (χ0) is 12.4. The third-order valence-corrected chi connectivity index (χ3v) is 2.91. The molecule has 0 aliphatic carbocycles. The van der Waals surface area contributed by atoms with E-state index < -0.39 is 4.92 Å². The molecule has 6 nitrogen and oxygen atoms in total. The largest absolute Gasteiger partial charge is 0.315 e. The van der Waals surface area contributed by atoms with E-state index in [-0.39, 0.29) is 17.5 Å². The van der Waals surface area contributed by atoms with Gasteiger partial charge in [0.15, 0.2) is 0 Å². The Kier molecular flexibility index (Phi) is 3.06. The van der Waals surface area contributed by atoms with Gasteiger partial charge in [0, 0.05) is 38.0 Å². The fourth-order valence-electron chi connectivity index (χ4n) is 1.66. The second-order valence-corrected chi connectivity index (χ2v) is 4.03. The van der Waals surface area contributed by atoms with Crippen LogP contribution in [0.15, 0.2) is 24.3 Å². The van der Waals surface area contributed by atoms with E-state index in [9.17, 15) is 14.9 Å². The van der Waals surface area contributed by atoms with Crippen molar-refractivity contribution in [3.63, 3.8) is 0 Å². The molecule has 1 N–H and O–H groups in total. The minimum absolute atomic E-state index is 0.0233. The number of non-ortho nitro benzene ring substituents is 1. The van der Waals surface area contributed by atoms with Gasteiger partial charge in [-0.3, -0.25) is 14.9 Å². The van der Waals surface area contributed by atoms with Crippen molar-refractivity contribution in [3.8, 4) is 0 Å². The average molecular weight is 235 g/mol. The highest BCUT2D eigenvalue weighted by Crippen LogP contribution is 2.20. The molecule has 1 aromatic rings. The molecule has 0 atom stereocenters. The number of nitro groups is 1. The summed E-state index contributed by atoms with van der Waals surface area (Å²) in [5.41, 5.74) is 0.701. The summed E-state index contributed by atoms with van der Waals surface area (Å²) in [5.74, 6) is 0.0628. The lowest BCUT2D eigenvalue weighted by atomic mass is 10.0. The number of carbonyl (C=O) groups excluding carboxylic acids is 1. The van der Waals surface area contributed by atoms with Crippen LogP contribution in [0.4, 0.5) is 11.4 Å². The zero-order valence-corrected chi connectivity index (χ0v) is 9.42. The highest BCUT2D eigenvalue weighted by Gasteiger charge is 2.28. The number of nitro benzene ring substituents is 1. The summed E-state index contributed by atoms with van der Waals surface area (Å²) in [6.07, 6.45) is 0. The molecule has 0 bridgehead atoms. The number of benzene rings is 1. The molecule has 90 valence electrons. The van der Waals surface area contributed by atoms with E-state index in [1.807, 2.05) is 0 Å².